The van der Waals surface area contributed by atoms with Gasteiger partial charge in [0.15, 0.2) is 0 Å². The highest BCUT2D eigenvalue weighted by Crippen LogP contribution is 1.88. The lowest BCUT2D eigenvalue weighted by Gasteiger charge is -1.88. The van der Waals surface area contributed by atoms with Crippen LogP contribution in [0.2, 0.25) is 0 Å². The van der Waals surface area contributed by atoms with E-state index in [0.717, 1.165) is 11.9 Å². The summed E-state index contributed by atoms with van der Waals surface area (Å²) in [5, 5.41) is 1.48. The summed E-state index contributed by atoms with van der Waals surface area (Å²) in [6, 6.07) is -0.551. The molecule has 40 valence electrons. The molecule has 0 unspecified atom stereocenters. The predicted octanol–water partition coefficient (Wildman–Crippen LogP) is 0.446. The summed E-state index contributed by atoms with van der Waals surface area (Å²) < 4.78 is 2.23. The first-order valence-electron chi connectivity index (χ1n) is 1.59. The molecule has 0 atom stereocenters. The molecular weight excluding hydrogens is 112 g/mol. The number of urea groups is 1. The Bertz CT molecular complexity index is 83.0. The van der Waals surface area contributed by atoms with Gasteiger partial charge in [0, 0.05) is 0 Å². The Morgan fingerprint density at radius 2 is 2.57 bits per heavy atom. The van der Waals surface area contributed by atoms with E-state index in [1.807, 2.05) is 0 Å². The molecule has 0 aromatic heterocycles. The topological polar surface area (TPSA) is 55.1 Å². The fourth-order valence-corrected chi connectivity index (χ4v) is 0.299. The number of nitrogens with one attached hydrogen (secondary N) is 1. The highest BCUT2D eigenvalue weighted by molar-refractivity contribution is 8.00. The second-order valence-corrected chi connectivity index (χ2v) is 1.52. The van der Waals surface area contributed by atoms with Crippen LogP contribution in [0.15, 0.2) is 12.0 Å². The Balaban J connectivity index is 2.97. The third-order valence-electron chi connectivity index (χ3n) is 0.243. The minimum absolute atomic E-state index is 0.551. The molecule has 0 rings (SSSR count). The lowest BCUT2D eigenvalue weighted by atomic mass is 11.2. The van der Waals surface area contributed by atoms with E-state index in [-0.39, 0.29) is 0 Å². The van der Waals surface area contributed by atoms with Crippen LogP contribution in [-0.4, -0.2) is 6.03 Å². The fraction of sp³-hybridized carbons (Fsp3) is 0. The lowest BCUT2D eigenvalue weighted by molar-refractivity contribution is 0.254. The zero-order valence-corrected chi connectivity index (χ0v) is 4.49. The highest BCUT2D eigenvalue weighted by atomic mass is 32.2. The first-order valence-corrected chi connectivity index (χ1v) is 2.47. The van der Waals surface area contributed by atoms with Crippen LogP contribution in [-0.2, 0) is 0 Å². The second kappa shape index (κ2) is 3.55. The van der Waals surface area contributed by atoms with E-state index in [0.29, 0.717) is 0 Å². The average molecular weight is 118 g/mol. The Labute approximate surface area is 46.1 Å². The number of rotatable bonds is 2. The van der Waals surface area contributed by atoms with Crippen LogP contribution >= 0.6 is 11.9 Å². The monoisotopic (exact) mass is 118 g/mol. The zero-order valence-electron chi connectivity index (χ0n) is 3.68. The van der Waals surface area contributed by atoms with Gasteiger partial charge in [-0.25, -0.2) is 4.79 Å². The maximum absolute atomic E-state index is 9.80. The lowest BCUT2D eigenvalue weighted by Crippen LogP contribution is -2.22. The molecule has 0 fully saturated rings. The van der Waals surface area contributed by atoms with Gasteiger partial charge in [0.1, 0.15) is 0 Å². The number of hydrogen-bond donors (Lipinski definition) is 2. The van der Waals surface area contributed by atoms with E-state index in [2.05, 4.69) is 17.0 Å². The second-order valence-electron chi connectivity index (χ2n) is 0.751. The molecule has 3 nitrogen and oxygen atoms in total. The van der Waals surface area contributed by atoms with Gasteiger partial charge in [-0.3, -0.25) is 4.72 Å². The van der Waals surface area contributed by atoms with Crippen LogP contribution in [0.25, 0.3) is 0 Å². The molecule has 0 aromatic rings. The van der Waals surface area contributed by atoms with E-state index in [1.165, 1.54) is 5.41 Å². The molecule has 0 saturated heterocycles. The molecule has 0 heterocycles. The molecule has 0 radical (unpaired) electrons. The van der Waals surface area contributed by atoms with Crippen molar-refractivity contribution in [3.05, 3.63) is 12.0 Å². The van der Waals surface area contributed by atoms with E-state index in [1.54, 1.807) is 0 Å². The smallest absolute Gasteiger partial charge is 0.322 e. The van der Waals surface area contributed by atoms with Crippen molar-refractivity contribution in [3.63, 3.8) is 0 Å². The molecule has 0 spiro atoms. The van der Waals surface area contributed by atoms with Crippen LogP contribution in [0.5, 0.6) is 0 Å². The number of hydrogen-bond acceptors (Lipinski definition) is 2. The van der Waals surface area contributed by atoms with Gasteiger partial charge in [0.05, 0.1) is 0 Å². The third kappa shape index (κ3) is 5.36. The summed E-state index contributed by atoms with van der Waals surface area (Å²) in [4.78, 5) is 9.80. The first-order chi connectivity index (χ1) is 3.27. The summed E-state index contributed by atoms with van der Waals surface area (Å²) in [5.74, 6) is 0. The minimum atomic E-state index is -0.551. The van der Waals surface area contributed by atoms with Crippen molar-refractivity contribution in [2.75, 3.05) is 0 Å². The van der Waals surface area contributed by atoms with E-state index in [9.17, 15) is 4.79 Å². The largest absolute Gasteiger partial charge is 0.351 e. The molecule has 0 aliphatic rings. The fourth-order valence-electron chi connectivity index (χ4n) is 0.0997. The molecule has 0 aromatic carbocycles. The van der Waals surface area contributed by atoms with Gasteiger partial charge in [-0.2, -0.15) is 0 Å². The first kappa shape index (κ1) is 6.36. The number of carbonyl (C=O) groups excluding carboxylic acids is 1. The van der Waals surface area contributed by atoms with E-state index in [4.69, 9.17) is 0 Å². The summed E-state index contributed by atoms with van der Waals surface area (Å²) >= 11 is 1.06. The summed E-state index contributed by atoms with van der Waals surface area (Å²) in [7, 11) is 0. The highest BCUT2D eigenvalue weighted by Gasteiger charge is 1.82. The predicted molar refractivity (Wildman–Crippen MR) is 30.5 cm³/mol. The molecular formula is C3H6N2OS. The molecule has 4 heteroatoms. The number of primary amides is 1. The van der Waals surface area contributed by atoms with Crippen molar-refractivity contribution in [2.24, 2.45) is 5.73 Å². The quantitative estimate of drug-likeness (QED) is 0.517. The van der Waals surface area contributed by atoms with Crippen LogP contribution < -0.4 is 10.5 Å². The van der Waals surface area contributed by atoms with E-state index >= 15 is 0 Å². The van der Waals surface area contributed by atoms with Crippen molar-refractivity contribution in [2.45, 2.75) is 0 Å². The van der Waals surface area contributed by atoms with E-state index < -0.39 is 6.03 Å². The Morgan fingerprint density at radius 1 is 2.00 bits per heavy atom. The van der Waals surface area contributed by atoms with Gasteiger partial charge in [-0.15, -0.1) is 0 Å². The van der Waals surface area contributed by atoms with Gasteiger partial charge in [-0.1, -0.05) is 6.58 Å². The zero-order chi connectivity index (χ0) is 5.70. The average Bonchev–Trinajstić information content (AvgIpc) is 1.61. The summed E-state index contributed by atoms with van der Waals surface area (Å²) in [6.45, 7) is 3.33. The van der Waals surface area contributed by atoms with Gasteiger partial charge < -0.3 is 5.73 Å². The maximum atomic E-state index is 9.80. The number of carbonyl (C=O) groups is 1. The van der Waals surface area contributed by atoms with Crippen LogP contribution in [0.4, 0.5) is 4.79 Å². The van der Waals surface area contributed by atoms with Crippen LogP contribution in [0.1, 0.15) is 0 Å². The molecule has 0 bridgehead atoms. The maximum Gasteiger partial charge on any atom is 0.322 e. The van der Waals surface area contributed by atoms with Crippen LogP contribution in [0.3, 0.4) is 0 Å². The van der Waals surface area contributed by atoms with Gasteiger partial charge in [0.2, 0.25) is 0 Å². The Morgan fingerprint density at radius 3 is 2.71 bits per heavy atom. The van der Waals surface area contributed by atoms with Crippen LogP contribution in [0, 0.1) is 0 Å². The Kier molecular flexibility index (Phi) is 3.22. The SMILES string of the molecule is C=CSNC(N)=O. The number of amides is 2. The molecule has 0 saturated carbocycles. The van der Waals surface area contributed by atoms with Gasteiger partial charge >= 0.3 is 6.03 Å². The van der Waals surface area contributed by atoms with Crippen molar-refractivity contribution in [1.29, 1.82) is 0 Å². The molecule has 3 N–H and O–H groups in total. The molecule has 7 heavy (non-hydrogen) atoms. The molecule has 0 aliphatic carbocycles. The number of nitrogens with two attached hydrogens (primary N) is 1. The van der Waals surface area contributed by atoms with Crippen molar-refractivity contribution in [3.8, 4) is 0 Å². The summed E-state index contributed by atoms with van der Waals surface area (Å²) in [6.07, 6.45) is 0. The molecule has 2 amide bonds. The minimum Gasteiger partial charge on any atom is -0.351 e. The van der Waals surface area contributed by atoms with Crippen molar-refractivity contribution >= 4 is 18.0 Å². The van der Waals surface area contributed by atoms with Gasteiger partial charge in [0.25, 0.3) is 0 Å². The van der Waals surface area contributed by atoms with Crippen molar-refractivity contribution in [1.82, 2.24) is 4.72 Å². The third-order valence-corrected chi connectivity index (χ3v) is 0.729. The normalized spacial score (nSPS) is 7.43. The van der Waals surface area contributed by atoms with Crippen molar-refractivity contribution < 1.29 is 4.79 Å². The summed E-state index contributed by atoms with van der Waals surface area (Å²) in [5.41, 5.74) is 4.66. The van der Waals surface area contributed by atoms with Gasteiger partial charge in [-0.05, 0) is 17.4 Å². The Hall–Kier alpha value is -0.640. The molecule has 0 aliphatic heterocycles. The standard InChI is InChI=1S/C3H6N2OS/c1-2-7-5-3(4)6/h2H,1H2,(H3,4,5,6).